The van der Waals surface area contributed by atoms with Crippen molar-refractivity contribution in [3.8, 4) is 0 Å². The van der Waals surface area contributed by atoms with Crippen LogP contribution in [0.3, 0.4) is 0 Å². The van der Waals surface area contributed by atoms with Crippen LogP contribution in [0.2, 0.25) is 0 Å². The second kappa shape index (κ2) is 4.57. The van der Waals surface area contributed by atoms with Crippen LogP contribution in [0, 0.1) is 12.8 Å². The van der Waals surface area contributed by atoms with Gasteiger partial charge in [-0.15, -0.1) is 0 Å². The Balaban J connectivity index is 2.00. The van der Waals surface area contributed by atoms with Crippen LogP contribution in [0.4, 0.5) is 0 Å². The summed E-state index contributed by atoms with van der Waals surface area (Å²) in [5.41, 5.74) is 0.565. The molecule has 1 amide bonds. The summed E-state index contributed by atoms with van der Waals surface area (Å²) >= 11 is 0. The number of piperidine rings is 1. The highest BCUT2D eigenvalue weighted by molar-refractivity contribution is 5.92. The molecule has 0 aliphatic carbocycles. The number of rotatable bonds is 2. The molecule has 6 nitrogen and oxygen atoms in total. The number of hydrogen-bond donors (Lipinski definition) is 1. The summed E-state index contributed by atoms with van der Waals surface area (Å²) in [4.78, 5) is 28.3. The Morgan fingerprint density at radius 3 is 2.59 bits per heavy atom. The van der Waals surface area contributed by atoms with Crippen molar-refractivity contribution in [1.29, 1.82) is 0 Å². The summed E-state index contributed by atoms with van der Waals surface area (Å²) in [6.45, 7) is 2.62. The molecule has 0 radical (unpaired) electrons. The van der Waals surface area contributed by atoms with Crippen LogP contribution in [-0.4, -0.2) is 40.0 Å². The van der Waals surface area contributed by atoms with Gasteiger partial charge in [0.2, 0.25) is 5.76 Å². The van der Waals surface area contributed by atoms with E-state index in [1.165, 1.54) is 6.39 Å². The molecule has 1 N–H and O–H groups in total. The highest BCUT2D eigenvalue weighted by Gasteiger charge is 2.29. The normalized spacial score (nSPS) is 17.1. The first kappa shape index (κ1) is 11.6. The Morgan fingerprint density at radius 1 is 1.47 bits per heavy atom. The third-order valence-electron chi connectivity index (χ3n) is 3.07. The summed E-state index contributed by atoms with van der Waals surface area (Å²) in [6.07, 6.45) is 2.23. The van der Waals surface area contributed by atoms with Crippen molar-refractivity contribution in [3.05, 3.63) is 17.8 Å². The van der Waals surface area contributed by atoms with Gasteiger partial charge in [0.25, 0.3) is 5.91 Å². The van der Waals surface area contributed by atoms with Gasteiger partial charge in [0.05, 0.1) is 11.6 Å². The maximum absolute atomic E-state index is 12.0. The van der Waals surface area contributed by atoms with Gasteiger partial charge < -0.3 is 14.4 Å². The van der Waals surface area contributed by atoms with Crippen molar-refractivity contribution in [2.24, 2.45) is 5.92 Å². The minimum atomic E-state index is -0.784. The summed E-state index contributed by atoms with van der Waals surface area (Å²) in [5, 5.41) is 8.86. The lowest BCUT2D eigenvalue weighted by Crippen LogP contribution is -2.40. The number of carbonyl (C=O) groups is 2. The Morgan fingerprint density at radius 2 is 2.12 bits per heavy atom. The number of oxazole rings is 1. The molecule has 1 aromatic heterocycles. The van der Waals surface area contributed by atoms with E-state index < -0.39 is 5.97 Å². The third kappa shape index (κ3) is 2.30. The number of aliphatic carboxylic acids is 1. The van der Waals surface area contributed by atoms with Gasteiger partial charge >= 0.3 is 5.97 Å². The molecule has 2 rings (SSSR count). The fourth-order valence-electron chi connectivity index (χ4n) is 1.98. The summed E-state index contributed by atoms with van der Waals surface area (Å²) in [6, 6.07) is 0. The van der Waals surface area contributed by atoms with E-state index in [0.29, 0.717) is 31.6 Å². The molecule has 0 bridgehead atoms. The zero-order valence-corrected chi connectivity index (χ0v) is 9.55. The average molecular weight is 238 g/mol. The van der Waals surface area contributed by atoms with E-state index in [0.717, 1.165) is 0 Å². The van der Waals surface area contributed by atoms with Crippen molar-refractivity contribution in [3.63, 3.8) is 0 Å². The van der Waals surface area contributed by atoms with Crippen LogP contribution in [-0.2, 0) is 4.79 Å². The number of amides is 1. The standard InChI is InChI=1S/C11H14N2O4/c1-7-9(17-6-12-7)10(14)13-4-2-8(3-5-13)11(15)16/h6,8H,2-5H2,1H3,(H,15,16). The van der Waals surface area contributed by atoms with Gasteiger partial charge in [-0.3, -0.25) is 9.59 Å². The van der Waals surface area contributed by atoms with Gasteiger partial charge in [0, 0.05) is 13.1 Å². The largest absolute Gasteiger partial charge is 0.481 e. The van der Waals surface area contributed by atoms with Gasteiger partial charge in [-0.2, -0.15) is 0 Å². The molecule has 92 valence electrons. The Hall–Kier alpha value is -1.85. The Labute approximate surface area is 98.2 Å². The molecule has 17 heavy (non-hydrogen) atoms. The van der Waals surface area contributed by atoms with Gasteiger partial charge in [0.15, 0.2) is 6.39 Å². The van der Waals surface area contributed by atoms with Crippen LogP contribution < -0.4 is 0 Å². The van der Waals surface area contributed by atoms with Gasteiger partial charge in [0.1, 0.15) is 0 Å². The molecule has 1 aromatic rings. The highest BCUT2D eigenvalue weighted by Crippen LogP contribution is 2.19. The Kier molecular flexibility index (Phi) is 3.12. The first-order chi connectivity index (χ1) is 8.09. The summed E-state index contributed by atoms with van der Waals surface area (Å²) < 4.78 is 5.03. The summed E-state index contributed by atoms with van der Waals surface area (Å²) in [5.74, 6) is -1.08. The number of hydrogen-bond acceptors (Lipinski definition) is 4. The predicted molar refractivity (Wildman–Crippen MR) is 57.5 cm³/mol. The number of carboxylic acids is 1. The molecule has 1 fully saturated rings. The van der Waals surface area contributed by atoms with Crippen molar-refractivity contribution in [1.82, 2.24) is 9.88 Å². The third-order valence-corrected chi connectivity index (χ3v) is 3.07. The fraction of sp³-hybridized carbons (Fsp3) is 0.545. The van der Waals surface area contributed by atoms with Crippen LogP contribution in [0.25, 0.3) is 0 Å². The van der Waals surface area contributed by atoms with Gasteiger partial charge in [-0.05, 0) is 19.8 Å². The van der Waals surface area contributed by atoms with Crippen LogP contribution in [0.5, 0.6) is 0 Å². The van der Waals surface area contributed by atoms with Crippen molar-refractivity contribution in [2.45, 2.75) is 19.8 Å². The Bertz CT molecular complexity index is 432. The number of aryl methyl sites for hydroxylation is 1. The fourth-order valence-corrected chi connectivity index (χ4v) is 1.98. The molecule has 0 spiro atoms. The van der Waals surface area contributed by atoms with E-state index in [4.69, 9.17) is 9.52 Å². The van der Waals surface area contributed by atoms with Gasteiger partial charge in [-0.25, -0.2) is 4.98 Å². The van der Waals surface area contributed by atoms with E-state index in [9.17, 15) is 9.59 Å². The quantitative estimate of drug-likeness (QED) is 0.828. The van der Waals surface area contributed by atoms with Crippen molar-refractivity contribution < 1.29 is 19.1 Å². The molecule has 0 unspecified atom stereocenters. The first-order valence-corrected chi connectivity index (χ1v) is 5.51. The smallest absolute Gasteiger partial charge is 0.306 e. The molecule has 0 saturated carbocycles. The maximum Gasteiger partial charge on any atom is 0.306 e. The minimum Gasteiger partial charge on any atom is -0.481 e. The van der Waals surface area contributed by atoms with E-state index in [2.05, 4.69) is 4.98 Å². The van der Waals surface area contributed by atoms with Gasteiger partial charge in [-0.1, -0.05) is 0 Å². The second-order valence-electron chi connectivity index (χ2n) is 4.17. The molecule has 0 atom stereocenters. The van der Waals surface area contributed by atoms with Crippen molar-refractivity contribution >= 4 is 11.9 Å². The lowest BCUT2D eigenvalue weighted by Gasteiger charge is -2.29. The SMILES string of the molecule is Cc1ncoc1C(=O)N1CCC(C(=O)O)CC1. The number of nitrogens with zero attached hydrogens (tertiary/aromatic N) is 2. The molecular formula is C11H14N2O4. The van der Waals surface area contributed by atoms with Crippen LogP contribution >= 0.6 is 0 Å². The molecule has 6 heteroatoms. The zero-order chi connectivity index (χ0) is 12.4. The topological polar surface area (TPSA) is 83.6 Å². The first-order valence-electron chi connectivity index (χ1n) is 5.51. The molecule has 1 saturated heterocycles. The molecular weight excluding hydrogens is 224 g/mol. The van der Waals surface area contributed by atoms with E-state index in [1.54, 1.807) is 11.8 Å². The molecule has 0 aromatic carbocycles. The summed E-state index contributed by atoms with van der Waals surface area (Å²) in [7, 11) is 0. The lowest BCUT2D eigenvalue weighted by atomic mass is 9.97. The zero-order valence-electron chi connectivity index (χ0n) is 9.55. The monoisotopic (exact) mass is 238 g/mol. The average Bonchev–Trinajstić information content (AvgIpc) is 2.74. The van der Waals surface area contributed by atoms with E-state index in [1.807, 2.05) is 0 Å². The van der Waals surface area contributed by atoms with Crippen LogP contribution in [0.15, 0.2) is 10.8 Å². The number of carboxylic acid groups (broad SMARTS) is 1. The number of carbonyl (C=O) groups excluding carboxylic acids is 1. The minimum absolute atomic E-state index is 0.205. The van der Waals surface area contributed by atoms with Crippen molar-refractivity contribution in [2.75, 3.05) is 13.1 Å². The predicted octanol–water partition coefficient (Wildman–Crippen LogP) is 0.920. The number of likely N-dealkylation sites (tertiary alicyclic amines) is 1. The van der Waals surface area contributed by atoms with E-state index >= 15 is 0 Å². The maximum atomic E-state index is 12.0. The molecule has 1 aliphatic rings. The molecule has 2 heterocycles. The number of aromatic nitrogens is 1. The van der Waals surface area contributed by atoms with Crippen LogP contribution in [0.1, 0.15) is 29.1 Å². The molecule has 1 aliphatic heterocycles. The second-order valence-corrected chi connectivity index (χ2v) is 4.17. The lowest BCUT2D eigenvalue weighted by molar-refractivity contribution is -0.143. The highest BCUT2D eigenvalue weighted by atomic mass is 16.4. The van der Waals surface area contributed by atoms with E-state index in [-0.39, 0.29) is 17.6 Å².